The molecule has 0 radical (unpaired) electrons. The minimum atomic E-state index is -0.458. The molecule has 3 atom stereocenters. The van der Waals surface area contributed by atoms with Crippen molar-refractivity contribution in [2.45, 2.75) is 31.8 Å². The second-order valence-electron chi connectivity index (χ2n) is 5.11. The molecule has 0 aromatic heterocycles. The lowest BCUT2D eigenvalue weighted by molar-refractivity contribution is -0.0132. The van der Waals surface area contributed by atoms with Gasteiger partial charge in [0.1, 0.15) is 0 Å². The molecule has 2 heterocycles. The first-order valence-electron chi connectivity index (χ1n) is 5.82. The Bertz CT molecular complexity index is 182. The number of hydrogen-bond donors (Lipinski definition) is 3. The Labute approximate surface area is 86.3 Å². The molecule has 0 aromatic carbocycles. The summed E-state index contributed by atoms with van der Waals surface area (Å²) < 4.78 is 0. The van der Waals surface area contributed by atoms with Crippen molar-refractivity contribution in [2.24, 2.45) is 11.8 Å². The summed E-state index contributed by atoms with van der Waals surface area (Å²) in [4.78, 5) is 0. The summed E-state index contributed by atoms with van der Waals surface area (Å²) >= 11 is 0. The van der Waals surface area contributed by atoms with Gasteiger partial charge in [-0.15, -0.1) is 0 Å². The molecule has 0 aliphatic carbocycles. The third kappa shape index (κ3) is 2.27. The van der Waals surface area contributed by atoms with Crippen LogP contribution in [0.2, 0.25) is 0 Å². The van der Waals surface area contributed by atoms with Gasteiger partial charge < -0.3 is 15.7 Å². The van der Waals surface area contributed by atoms with Gasteiger partial charge in [-0.1, -0.05) is 0 Å². The van der Waals surface area contributed by atoms with Gasteiger partial charge in [-0.05, 0) is 51.7 Å². The zero-order chi connectivity index (χ0) is 10.0. The van der Waals surface area contributed by atoms with Gasteiger partial charge in [-0.3, -0.25) is 0 Å². The van der Waals surface area contributed by atoms with E-state index in [-0.39, 0.29) is 0 Å². The molecular weight excluding hydrogens is 176 g/mol. The average Bonchev–Trinajstić information content (AvgIpc) is 2.71. The van der Waals surface area contributed by atoms with Crippen LogP contribution in [0, 0.1) is 11.8 Å². The molecule has 0 bridgehead atoms. The summed E-state index contributed by atoms with van der Waals surface area (Å²) in [6.07, 6.45) is 3.33. The SMILES string of the molecule is CC(O)(C[C@@H]1CCNC1)C1CCNC1. The van der Waals surface area contributed by atoms with Crippen LogP contribution in [-0.4, -0.2) is 36.9 Å². The van der Waals surface area contributed by atoms with Crippen LogP contribution in [-0.2, 0) is 0 Å². The minimum Gasteiger partial charge on any atom is -0.390 e. The van der Waals surface area contributed by atoms with E-state index in [1.165, 1.54) is 6.42 Å². The smallest absolute Gasteiger partial charge is 0.0663 e. The van der Waals surface area contributed by atoms with Crippen molar-refractivity contribution >= 4 is 0 Å². The van der Waals surface area contributed by atoms with Gasteiger partial charge >= 0.3 is 0 Å². The molecule has 0 spiro atoms. The Morgan fingerprint density at radius 1 is 1.21 bits per heavy atom. The highest BCUT2D eigenvalue weighted by molar-refractivity contribution is 4.90. The molecule has 2 fully saturated rings. The van der Waals surface area contributed by atoms with Gasteiger partial charge in [0.15, 0.2) is 0 Å². The van der Waals surface area contributed by atoms with E-state index in [1.54, 1.807) is 0 Å². The normalized spacial score (nSPS) is 37.3. The lowest BCUT2D eigenvalue weighted by Gasteiger charge is -2.31. The second kappa shape index (κ2) is 4.17. The number of hydrogen-bond acceptors (Lipinski definition) is 3. The van der Waals surface area contributed by atoms with Crippen molar-refractivity contribution in [3.63, 3.8) is 0 Å². The quantitative estimate of drug-likeness (QED) is 0.613. The molecule has 3 heteroatoms. The Morgan fingerprint density at radius 2 is 1.93 bits per heavy atom. The largest absolute Gasteiger partial charge is 0.390 e. The van der Waals surface area contributed by atoms with Gasteiger partial charge in [0.05, 0.1) is 5.60 Å². The highest BCUT2D eigenvalue weighted by Crippen LogP contribution is 2.31. The predicted octanol–water partition coefficient (Wildman–Crippen LogP) is 0.346. The Hall–Kier alpha value is -0.120. The standard InChI is InChI=1S/C11H22N2O/c1-11(14,10-3-5-13-8-10)6-9-2-4-12-7-9/h9-10,12-14H,2-8H2,1H3/t9-,10?,11?/m0/s1. The van der Waals surface area contributed by atoms with Crippen LogP contribution < -0.4 is 10.6 Å². The van der Waals surface area contributed by atoms with Crippen LogP contribution in [0.4, 0.5) is 0 Å². The fraction of sp³-hybridized carbons (Fsp3) is 1.00. The first kappa shape index (κ1) is 10.4. The van der Waals surface area contributed by atoms with E-state index in [0.717, 1.165) is 39.0 Å². The molecule has 0 amide bonds. The van der Waals surface area contributed by atoms with E-state index in [9.17, 15) is 5.11 Å². The summed E-state index contributed by atoms with van der Waals surface area (Å²) in [5.41, 5.74) is -0.458. The van der Waals surface area contributed by atoms with E-state index >= 15 is 0 Å². The van der Waals surface area contributed by atoms with Crippen LogP contribution >= 0.6 is 0 Å². The van der Waals surface area contributed by atoms with Gasteiger partial charge in [-0.2, -0.15) is 0 Å². The third-order valence-electron chi connectivity index (χ3n) is 3.80. The Kier molecular flexibility index (Phi) is 3.10. The molecule has 14 heavy (non-hydrogen) atoms. The first-order chi connectivity index (χ1) is 6.68. The molecule has 3 nitrogen and oxygen atoms in total. The molecular formula is C11H22N2O. The minimum absolute atomic E-state index is 0.458. The molecule has 3 N–H and O–H groups in total. The van der Waals surface area contributed by atoms with Crippen LogP contribution in [0.15, 0.2) is 0 Å². The fourth-order valence-corrected chi connectivity index (χ4v) is 2.83. The maximum atomic E-state index is 10.4. The number of nitrogens with one attached hydrogen (secondary N) is 2. The lowest BCUT2D eigenvalue weighted by Crippen LogP contribution is -2.38. The number of aliphatic hydroxyl groups is 1. The van der Waals surface area contributed by atoms with E-state index in [0.29, 0.717) is 11.8 Å². The van der Waals surface area contributed by atoms with Gasteiger partial charge in [0, 0.05) is 12.5 Å². The molecule has 2 unspecified atom stereocenters. The topological polar surface area (TPSA) is 44.3 Å². The summed E-state index contributed by atoms with van der Waals surface area (Å²) in [6.45, 7) is 6.31. The van der Waals surface area contributed by atoms with E-state index in [4.69, 9.17) is 0 Å². The molecule has 2 rings (SSSR count). The van der Waals surface area contributed by atoms with Crippen molar-refractivity contribution in [3.8, 4) is 0 Å². The monoisotopic (exact) mass is 198 g/mol. The average molecular weight is 198 g/mol. The van der Waals surface area contributed by atoms with Crippen LogP contribution in [0.1, 0.15) is 26.2 Å². The maximum Gasteiger partial charge on any atom is 0.0663 e. The highest BCUT2D eigenvalue weighted by Gasteiger charge is 2.36. The van der Waals surface area contributed by atoms with Crippen LogP contribution in [0.3, 0.4) is 0 Å². The van der Waals surface area contributed by atoms with E-state index in [2.05, 4.69) is 10.6 Å². The summed E-state index contributed by atoms with van der Waals surface area (Å²) in [7, 11) is 0. The molecule has 0 saturated carbocycles. The van der Waals surface area contributed by atoms with Crippen molar-refractivity contribution in [3.05, 3.63) is 0 Å². The fourth-order valence-electron chi connectivity index (χ4n) is 2.83. The van der Waals surface area contributed by atoms with Crippen LogP contribution in [0.5, 0.6) is 0 Å². The Balaban J connectivity index is 1.86. The summed E-state index contributed by atoms with van der Waals surface area (Å²) in [5.74, 6) is 1.15. The zero-order valence-electron chi connectivity index (χ0n) is 9.05. The molecule has 2 aliphatic heterocycles. The molecule has 2 saturated heterocycles. The molecule has 0 aromatic rings. The van der Waals surface area contributed by atoms with Crippen LogP contribution in [0.25, 0.3) is 0 Å². The summed E-state index contributed by atoms with van der Waals surface area (Å²) in [6, 6.07) is 0. The lowest BCUT2D eigenvalue weighted by atomic mass is 9.81. The molecule has 2 aliphatic rings. The third-order valence-corrected chi connectivity index (χ3v) is 3.80. The van der Waals surface area contributed by atoms with E-state index in [1.807, 2.05) is 6.92 Å². The van der Waals surface area contributed by atoms with Crippen molar-refractivity contribution in [1.82, 2.24) is 10.6 Å². The summed E-state index contributed by atoms with van der Waals surface area (Å²) in [5, 5.41) is 17.1. The zero-order valence-corrected chi connectivity index (χ0v) is 9.05. The van der Waals surface area contributed by atoms with Crippen molar-refractivity contribution < 1.29 is 5.11 Å². The maximum absolute atomic E-state index is 10.4. The Morgan fingerprint density at radius 3 is 2.50 bits per heavy atom. The van der Waals surface area contributed by atoms with E-state index < -0.39 is 5.60 Å². The van der Waals surface area contributed by atoms with Gasteiger partial charge in [0.2, 0.25) is 0 Å². The van der Waals surface area contributed by atoms with Crippen molar-refractivity contribution in [2.75, 3.05) is 26.2 Å². The predicted molar refractivity (Wildman–Crippen MR) is 57.2 cm³/mol. The number of rotatable bonds is 3. The van der Waals surface area contributed by atoms with Gasteiger partial charge in [-0.25, -0.2) is 0 Å². The first-order valence-corrected chi connectivity index (χ1v) is 5.82. The second-order valence-corrected chi connectivity index (χ2v) is 5.11. The highest BCUT2D eigenvalue weighted by atomic mass is 16.3. The molecule has 82 valence electrons. The van der Waals surface area contributed by atoms with Crippen molar-refractivity contribution in [1.29, 1.82) is 0 Å². The van der Waals surface area contributed by atoms with Gasteiger partial charge in [0.25, 0.3) is 0 Å².